The van der Waals surface area contributed by atoms with E-state index in [-0.39, 0.29) is 0 Å². The molecule has 0 aliphatic rings. The number of aromatic nitrogens is 5. The number of rotatable bonds is 5. The van der Waals surface area contributed by atoms with Crippen molar-refractivity contribution in [3.05, 3.63) is 72.7 Å². The van der Waals surface area contributed by atoms with Crippen LogP contribution in [0, 0.1) is 0 Å². The normalized spacial score (nSPS) is 11.2. The highest BCUT2D eigenvalue weighted by molar-refractivity contribution is 7.98. The highest BCUT2D eigenvalue weighted by Gasteiger charge is 2.21. The van der Waals surface area contributed by atoms with Crippen molar-refractivity contribution >= 4 is 34.3 Å². The molecule has 0 bridgehead atoms. The van der Waals surface area contributed by atoms with Crippen LogP contribution in [-0.2, 0) is 6.61 Å². The molecule has 0 saturated carbocycles. The van der Waals surface area contributed by atoms with Crippen LogP contribution in [0.4, 0.5) is 5.95 Å². The third-order valence-corrected chi connectivity index (χ3v) is 5.39. The minimum atomic E-state index is 0.357. The lowest BCUT2D eigenvalue weighted by Crippen LogP contribution is -2.00. The second-order valence-corrected chi connectivity index (χ2v) is 7.38. The van der Waals surface area contributed by atoms with Gasteiger partial charge in [-0.2, -0.15) is 0 Å². The third kappa shape index (κ3) is 3.11. The quantitative estimate of drug-likeness (QED) is 0.340. The van der Waals surface area contributed by atoms with Gasteiger partial charge in [0.05, 0.1) is 16.6 Å². The largest absolute Gasteiger partial charge is 0.488 e. The van der Waals surface area contributed by atoms with Gasteiger partial charge >= 0.3 is 0 Å². The van der Waals surface area contributed by atoms with E-state index < -0.39 is 0 Å². The van der Waals surface area contributed by atoms with Gasteiger partial charge in [-0.15, -0.1) is 0 Å². The maximum Gasteiger partial charge on any atom is 0.206 e. The second kappa shape index (κ2) is 7.64. The number of pyridine rings is 1. The summed E-state index contributed by atoms with van der Waals surface area (Å²) in [5.74, 6) is 1.07. The van der Waals surface area contributed by atoms with Crippen molar-refractivity contribution < 1.29 is 4.74 Å². The number of ether oxygens (including phenoxy) is 1. The lowest BCUT2D eigenvalue weighted by atomic mass is 10.1. The maximum absolute atomic E-state index is 6.23. The summed E-state index contributed by atoms with van der Waals surface area (Å²) in [6.07, 6.45) is 7.12. The standard InChI is InChI=1S/C22H18N6OS/c1-30-22-26-10-7-15(27-22)18-16-8-11-25-21(23)28(16)20-19(18)17(9-12-24-20)29-13-14-5-3-2-4-6-14/h2-12H,13H2,1H3,(H2,23,25). The molecule has 8 heteroatoms. The fourth-order valence-corrected chi connectivity index (χ4v) is 3.87. The number of hydrogen-bond donors (Lipinski definition) is 1. The number of nitrogens with zero attached hydrogens (tertiary/aromatic N) is 5. The zero-order valence-corrected chi connectivity index (χ0v) is 17.0. The van der Waals surface area contributed by atoms with Crippen molar-refractivity contribution in [1.82, 2.24) is 24.3 Å². The molecule has 5 aromatic rings. The van der Waals surface area contributed by atoms with Crippen LogP contribution < -0.4 is 10.5 Å². The van der Waals surface area contributed by atoms with E-state index in [1.165, 1.54) is 11.8 Å². The Hall–Kier alpha value is -3.65. The van der Waals surface area contributed by atoms with E-state index in [2.05, 4.69) is 15.0 Å². The lowest BCUT2D eigenvalue weighted by molar-refractivity contribution is 0.310. The second-order valence-electron chi connectivity index (χ2n) is 6.61. The summed E-state index contributed by atoms with van der Waals surface area (Å²) in [5, 5.41) is 1.54. The minimum Gasteiger partial charge on any atom is -0.488 e. The Kier molecular flexibility index (Phi) is 4.68. The fourth-order valence-electron chi connectivity index (χ4n) is 3.52. The summed E-state index contributed by atoms with van der Waals surface area (Å²) in [6, 6.07) is 15.7. The van der Waals surface area contributed by atoms with Crippen LogP contribution in [-0.4, -0.2) is 30.6 Å². The summed E-state index contributed by atoms with van der Waals surface area (Å²) in [7, 11) is 0. The number of nitrogen functional groups attached to an aromatic ring is 1. The highest BCUT2D eigenvalue weighted by atomic mass is 32.2. The molecule has 7 nitrogen and oxygen atoms in total. The van der Waals surface area contributed by atoms with Gasteiger partial charge in [0.25, 0.3) is 0 Å². The molecule has 0 amide bonds. The smallest absolute Gasteiger partial charge is 0.206 e. The molecule has 5 rings (SSSR count). The van der Waals surface area contributed by atoms with Gasteiger partial charge in [-0.1, -0.05) is 42.1 Å². The van der Waals surface area contributed by atoms with E-state index in [1.807, 2.05) is 59.2 Å². The van der Waals surface area contributed by atoms with Gasteiger partial charge in [-0.05, 0) is 30.0 Å². The molecule has 0 atom stereocenters. The average molecular weight is 414 g/mol. The van der Waals surface area contributed by atoms with Gasteiger partial charge in [0.15, 0.2) is 10.8 Å². The first kappa shape index (κ1) is 18.4. The van der Waals surface area contributed by atoms with Crippen LogP contribution in [0.15, 0.2) is 72.3 Å². The van der Waals surface area contributed by atoms with Crippen molar-refractivity contribution in [3.8, 4) is 17.0 Å². The molecule has 0 aliphatic heterocycles. The monoisotopic (exact) mass is 414 g/mol. The third-order valence-electron chi connectivity index (χ3n) is 4.83. The Morgan fingerprint density at radius 2 is 1.77 bits per heavy atom. The summed E-state index contributed by atoms with van der Waals surface area (Å²) in [6.45, 7) is 0.444. The highest BCUT2D eigenvalue weighted by Crippen LogP contribution is 2.40. The maximum atomic E-state index is 6.23. The minimum absolute atomic E-state index is 0.357. The topological polar surface area (TPSA) is 91.2 Å². The fraction of sp³-hybridized carbons (Fsp3) is 0.0909. The summed E-state index contributed by atoms with van der Waals surface area (Å²) >= 11 is 1.49. The molecule has 0 aliphatic carbocycles. The van der Waals surface area contributed by atoms with Crippen molar-refractivity contribution in [2.24, 2.45) is 0 Å². The SMILES string of the molecule is CSc1nccc(-c2c3c(OCc4ccccc4)ccnc3n3c(N)nccc23)n1. The van der Waals surface area contributed by atoms with Crippen LogP contribution in [0.3, 0.4) is 0 Å². The van der Waals surface area contributed by atoms with Crippen molar-refractivity contribution in [3.63, 3.8) is 0 Å². The Balaban J connectivity index is 1.76. The lowest BCUT2D eigenvalue weighted by Gasteiger charge is -2.09. The first-order chi connectivity index (χ1) is 14.8. The van der Waals surface area contributed by atoms with Gasteiger partial charge in [-0.3, -0.25) is 4.40 Å². The summed E-state index contributed by atoms with van der Waals surface area (Å²) in [4.78, 5) is 17.9. The Morgan fingerprint density at radius 1 is 0.967 bits per heavy atom. The van der Waals surface area contributed by atoms with Crippen molar-refractivity contribution in [2.45, 2.75) is 11.8 Å². The number of nitrogens with two attached hydrogens (primary N) is 1. The number of benzene rings is 1. The molecule has 2 N–H and O–H groups in total. The molecule has 30 heavy (non-hydrogen) atoms. The molecule has 4 aromatic heterocycles. The van der Waals surface area contributed by atoms with Crippen molar-refractivity contribution in [2.75, 3.05) is 12.0 Å². The van der Waals surface area contributed by atoms with Gasteiger partial charge in [-0.25, -0.2) is 19.9 Å². The van der Waals surface area contributed by atoms with Gasteiger partial charge in [0.1, 0.15) is 12.4 Å². The predicted molar refractivity (Wildman–Crippen MR) is 118 cm³/mol. The van der Waals surface area contributed by atoms with E-state index in [1.54, 1.807) is 18.6 Å². The first-order valence-electron chi connectivity index (χ1n) is 9.34. The number of thioether (sulfide) groups is 1. The van der Waals surface area contributed by atoms with E-state index >= 15 is 0 Å². The van der Waals surface area contributed by atoms with Crippen LogP contribution in [0.5, 0.6) is 5.75 Å². The van der Waals surface area contributed by atoms with Crippen LogP contribution in [0.1, 0.15) is 5.56 Å². The van der Waals surface area contributed by atoms with Crippen LogP contribution in [0.2, 0.25) is 0 Å². The Morgan fingerprint density at radius 3 is 2.60 bits per heavy atom. The van der Waals surface area contributed by atoms with E-state index in [9.17, 15) is 0 Å². The summed E-state index contributed by atoms with van der Waals surface area (Å²) < 4.78 is 8.06. The van der Waals surface area contributed by atoms with E-state index in [0.717, 1.165) is 27.7 Å². The van der Waals surface area contributed by atoms with E-state index in [0.29, 0.717) is 29.1 Å². The van der Waals surface area contributed by atoms with Crippen molar-refractivity contribution in [1.29, 1.82) is 0 Å². The molecule has 0 saturated heterocycles. The number of anilines is 1. The Labute approximate surface area is 177 Å². The van der Waals surface area contributed by atoms with Gasteiger partial charge in [0, 0.05) is 24.2 Å². The average Bonchev–Trinajstić information content (AvgIpc) is 3.14. The first-order valence-corrected chi connectivity index (χ1v) is 10.6. The van der Waals surface area contributed by atoms with Crippen LogP contribution in [0.25, 0.3) is 27.8 Å². The number of fused-ring (bicyclic) bond motifs is 3. The predicted octanol–water partition coefficient (Wildman–Crippen LogP) is 4.22. The molecule has 0 unspecified atom stereocenters. The zero-order chi connectivity index (χ0) is 20.5. The summed E-state index contributed by atoms with van der Waals surface area (Å²) in [5.41, 5.74) is 10.5. The van der Waals surface area contributed by atoms with Crippen LogP contribution >= 0.6 is 11.8 Å². The molecule has 1 aromatic carbocycles. The molecule has 148 valence electrons. The molecule has 0 spiro atoms. The molecular formula is C22H18N6OS. The number of hydrogen-bond acceptors (Lipinski definition) is 7. The molecule has 0 radical (unpaired) electrons. The van der Waals surface area contributed by atoms with E-state index in [4.69, 9.17) is 15.5 Å². The zero-order valence-electron chi connectivity index (χ0n) is 16.2. The molecule has 4 heterocycles. The molecule has 0 fully saturated rings. The Bertz CT molecular complexity index is 1350. The van der Waals surface area contributed by atoms with Gasteiger partial charge in [0.2, 0.25) is 5.95 Å². The molecular weight excluding hydrogens is 396 g/mol. The van der Waals surface area contributed by atoms with Gasteiger partial charge < -0.3 is 10.5 Å².